The quantitative estimate of drug-likeness (QED) is 0.494. The van der Waals surface area contributed by atoms with Crippen molar-refractivity contribution in [3.8, 4) is 0 Å². The van der Waals surface area contributed by atoms with Gasteiger partial charge in [0.1, 0.15) is 0 Å². The van der Waals surface area contributed by atoms with Crippen molar-refractivity contribution in [1.29, 1.82) is 0 Å². The van der Waals surface area contributed by atoms with Crippen molar-refractivity contribution in [2.24, 2.45) is 12.8 Å². The Morgan fingerprint density at radius 3 is 2.86 bits per heavy atom. The summed E-state index contributed by atoms with van der Waals surface area (Å²) < 4.78 is 1.41. The highest BCUT2D eigenvalue weighted by Crippen LogP contribution is 2.11. The molecular formula is C7H12N4O2S. The predicted molar refractivity (Wildman–Crippen MR) is 54.5 cm³/mol. The van der Waals surface area contributed by atoms with E-state index in [1.807, 2.05) is 6.92 Å². The molecule has 0 spiro atoms. The molecule has 6 nitrogen and oxygen atoms in total. The Balaban J connectivity index is 2.93. The van der Waals surface area contributed by atoms with E-state index < -0.39 is 11.1 Å². The fourth-order valence-corrected chi connectivity index (χ4v) is 1.59. The molecule has 0 saturated carbocycles. The SMILES string of the molecule is C[C@@H](N)CSc1nc(=O)c(=O)[nH]n1C. The molecule has 14 heavy (non-hydrogen) atoms. The third kappa shape index (κ3) is 2.71. The molecule has 0 saturated heterocycles. The summed E-state index contributed by atoms with van der Waals surface area (Å²) in [5, 5.41) is 2.82. The van der Waals surface area contributed by atoms with Crippen LogP contribution in [0, 0.1) is 0 Å². The third-order valence-corrected chi connectivity index (χ3v) is 2.74. The van der Waals surface area contributed by atoms with Crippen LogP contribution in [-0.2, 0) is 7.05 Å². The van der Waals surface area contributed by atoms with Gasteiger partial charge in [-0.05, 0) is 6.92 Å². The van der Waals surface area contributed by atoms with Crippen LogP contribution in [0.15, 0.2) is 14.7 Å². The van der Waals surface area contributed by atoms with Crippen molar-refractivity contribution in [2.45, 2.75) is 18.1 Å². The van der Waals surface area contributed by atoms with E-state index in [9.17, 15) is 9.59 Å². The number of hydrogen-bond acceptors (Lipinski definition) is 5. The van der Waals surface area contributed by atoms with Crippen LogP contribution < -0.4 is 16.9 Å². The molecule has 0 aliphatic heterocycles. The fraction of sp³-hybridized carbons (Fsp3) is 0.571. The lowest BCUT2D eigenvalue weighted by Crippen LogP contribution is -2.34. The monoisotopic (exact) mass is 216 g/mol. The van der Waals surface area contributed by atoms with Crippen LogP contribution in [0.5, 0.6) is 0 Å². The minimum atomic E-state index is -0.768. The Morgan fingerprint density at radius 1 is 1.64 bits per heavy atom. The van der Waals surface area contributed by atoms with Crippen molar-refractivity contribution >= 4 is 11.8 Å². The topological polar surface area (TPSA) is 93.8 Å². The molecule has 0 bridgehead atoms. The molecule has 3 N–H and O–H groups in total. The summed E-state index contributed by atoms with van der Waals surface area (Å²) in [4.78, 5) is 25.4. The number of nitrogens with one attached hydrogen (secondary N) is 1. The van der Waals surface area contributed by atoms with Crippen LogP contribution in [0.25, 0.3) is 0 Å². The average molecular weight is 216 g/mol. The molecule has 1 aromatic heterocycles. The average Bonchev–Trinajstić information content (AvgIpc) is 2.09. The summed E-state index contributed by atoms with van der Waals surface area (Å²) in [7, 11) is 1.62. The standard InChI is InChI=1S/C7H12N4O2S/c1-4(8)3-14-7-9-5(12)6(13)10-11(7)2/h4H,3,8H2,1-2H3,(H,10,13)/t4-/m1/s1. The maximum absolute atomic E-state index is 10.9. The number of hydrogen-bond donors (Lipinski definition) is 2. The first-order valence-electron chi connectivity index (χ1n) is 4.06. The number of aryl methyl sites for hydroxylation is 1. The van der Waals surface area contributed by atoms with E-state index in [-0.39, 0.29) is 6.04 Å². The van der Waals surface area contributed by atoms with Crippen LogP contribution >= 0.6 is 11.8 Å². The van der Waals surface area contributed by atoms with Crippen LogP contribution in [-0.4, -0.2) is 26.6 Å². The van der Waals surface area contributed by atoms with Gasteiger partial charge in [0.2, 0.25) is 0 Å². The first-order valence-corrected chi connectivity index (χ1v) is 5.05. The first-order chi connectivity index (χ1) is 6.50. The van der Waals surface area contributed by atoms with Gasteiger partial charge in [-0.25, -0.2) is 0 Å². The smallest absolute Gasteiger partial charge is 0.327 e. The number of aromatic nitrogens is 3. The summed E-state index contributed by atoms with van der Waals surface area (Å²) in [6, 6.07) is 0.0174. The van der Waals surface area contributed by atoms with E-state index in [2.05, 4.69) is 10.1 Å². The van der Waals surface area contributed by atoms with E-state index in [0.29, 0.717) is 10.9 Å². The lowest BCUT2D eigenvalue weighted by molar-refractivity contribution is 0.596. The maximum Gasteiger partial charge on any atom is 0.339 e. The van der Waals surface area contributed by atoms with Gasteiger partial charge in [-0.1, -0.05) is 11.8 Å². The minimum absolute atomic E-state index is 0.0174. The molecule has 0 aromatic carbocycles. The highest BCUT2D eigenvalue weighted by molar-refractivity contribution is 7.99. The van der Waals surface area contributed by atoms with Gasteiger partial charge in [0.25, 0.3) is 0 Å². The molecule has 78 valence electrons. The van der Waals surface area contributed by atoms with Gasteiger partial charge < -0.3 is 5.73 Å². The van der Waals surface area contributed by atoms with E-state index in [1.165, 1.54) is 16.4 Å². The molecule has 1 atom stereocenters. The lowest BCUT2D eigenvalue weighted by Gasteiger charge is -2.06. The van der Waals surface area contributed by atoms with Gasteiger partial charge in [-0.15, -0.1) is 0 Å². The molecule has 0 aliphatic rings. The molecule has 0 unspecified atom stereocenters. The van der Waals surface area contributed by atoms with Crippen molar-refractivity contribution in [3.05, 3.63) is 20.7 Å². The van der Waals surface area contributed by atoms with Crippen LogP contribution in [0.4, 0.5) is 0 Å². The molecule has 1 heterocycles. The second-order valence-electron chi connectivity index (χ2n) is 2.99. The zero-order chi connectivity index (χ0) is 10.7. The Labute approximate surface area is 84.5 Å². The summed E-state index contributed by atoms with van der Waals surface area (Å²) in [5.41, 5.74) is 4.07. The van der Waals surface area contributed by atoms with Crippen molar-refractivity contribution in [2.75, 3.05) is 5.75 Å². The van der Waals surface area contributed by atoms with Gasteiger partial charge in [0.15, 0.2) is 5.16 Å². The highest BCUT2D eigenvalue weighted by Gasteiger charge is 2.05. The molecule has 7 heteroatoms. The second kappa shape index (κ2) is 4.43. The zero-order valence-corrected chi connectivity index (χ0v) is 8.80. The Bertz CT molecular complexity index is 422. The zero-order valence-electron chi connectivity index (χ0n) is 7.98. The molecule has 0 radical (unpaired) electrons. The van der Waals surface area contributed by atoms with Crippen LogP contribution in [0.1, 0.15) is 6.92 Å². The second-order valence-corrected chi connectivity index (χ2v) is 3.97. The molecule has 0 fully saturated rings. The van der Waals surface area contributed by atoms with Crippen molar-refractivity contribution in [3.63, 3.8) is 0 Å². The van der Waals surface area contributed by atoms with Gasteiger partial charge in [0.05, 0.1) is 0 Å². The number of nitrogens with two attached hydrogens (primary N) is 1. The number of thioether (sulfide) groups is 1. The van der Waals surface area contributed by atoms with Gasteiger partial charge in [-0.3, -0.25) is 19.4 Å². The third-order valence-electron chi connectivity index (χ3n) is 1.42. The van der Waals surface area contributed by atoms with Crippen molar-refractivity contribution < 1.29 is 0 Å². The van der Waals surface area contributed by atoms with Gasteiger partial charge in [0, 0.05) is 18.8 Å². The Hall–Kier alpha value is -1.08. The number of nitrogens with zero attached hydrogens (tertiary/aromatic N) is 2. The molecule has 0 aliphatic carbocycles. The maximum atomic E-state index is 10.9. The van der Waals surface area contributed by atoms with E-state index >= 15 is 0 Å². The Kier molecular flexibility index (Phi) is 3.48. The normalized spacial score (nSPS) is 12.8. The number of aromatic amines is 1. The first kappa shape index (κ1) is 11.0. The summed E-state index contributed by atoms with van der Waals surface area (Å²) >= 11 is 1.33. The molecule has 0 amide bonds. The molecule has 1 rings (SSSR count). The molecule has 1 aromatic rings. The van der Waals surface area contributed by atoms with Crippen LogP contribution in [0.2, 0.25) is 0 Å². The van der Waals surface area contributed by atoms with Crippen LogP contribution in [0.3, 0.4) is 0 Å². The minimum Gasteiger partial charge on any atom is -0.327 e. The van der Waals surface area contributed by atoms with Gasteiger partial charge in [-0.2, -0.15) is 4.98 Å². The summed E-state index contributed by atoms with van der Waals surface area (Å²) in [5.74, 6) is 0.645. The van der Waals surface area contributed by atoms with E-state index in [0.717, 1.165) is 0 Å². The van der Waals surface area contributed by atoms with Gasteiger partial charge >= 0.3 is 11.1 Å². The predicted octanol–water partition coefficient (Wildman–Crippen LogP) is -1.09. The summed E-state index contributed by atoms with van der Waals surface area (Å²) in [6.07, 6.45) is 0. The largest absolute Gasteiger partial charge is 0.339 e. The molecular weight excluding hydrogens is 204 g/mol. The number of H-pyrrole nitrogens is 1. The van der Waals surface area contributed by atoms with E-state index in [1.54, 1.807) is 7.05 Å². The van der Waals surface area contributed by atoms with Crippen molar-refractivity contribution in [1.82, 2.24) is 14.8 Å². The van der Waals surface area contributed by atoms with E-state index in [4.69, 9.17) is 5.73 Å². The summed E-state index contributed by atoms with van der Waals surface area (Å²) in [6.45, 7) is 1.86. The Morgan fingerprint density at radius 2 is 2.29 bits per heavy atom. The lowest BCUT2D eigenvalue weighted by atomic mass is 10.4. The fourth-order valence-electron chi connectivity index (χ4n) is 0.796. The number of rotatable bonds is 3. The highest BCUT2D eigenvalue weighted by atomic mass is 32.2.